The molecule has 108 valence electrons. The molecule has 4 heteroatoms. The van der Waals surface area contributed by atoms with E-state index in [9.17, 15) is 4.79 Å². The SMILES string of the molecule is O=C1CCCc2ccccc2N1CCN1CCNCC1. The van der Waals surface area contributed by atoms with Gasteiger partial charge in [0.25, 0.3) is 0 Å². The number of aryl methyl sites for hydroxylation is 1. The molecule has 0 radical (unpaired) electrons. The Hall–Kier alpha value is -1.39. The molecule has 0 aliphatic carbocycles. The Morgan fingerprint density at radius 1 is 1.05 bits per heavy atom. The van der Waals surface area contributed by atoms with Crippen molar-refractivity contribution < 1.29 is 4.79 Å². The number of amides is 1. The fourth-order valence-corrected chi connectivity index (χ4v) is 3.11. The van der Waals surface area contributed by atoms with Gasteiger partial charge in [-0.15, -0.1) is 0 Å². The smallest absolute Gasteiger partial charge is 0.227 e. The Bertz CT molecular complexity index is 469. The third kappa shape index (κ3) is 3.02. The zero-order chi connectivity index (χ0) is 13.8. The van der Waals surface area contributed by atoms with Crippen LogP contribution < -0.4 is 10.2 Å². The summed E-state index contributed by atoms with van der Waals surface area (Å²) in [6, 6.07) is 8.36. The molecule has 2 aliphatic heterocycles. The lowest BCUT2D eigenvalue weighted by atomic mass is 10.1. The first-order valence-corrected chi connectivity index (χ1v) is 7.66. The number of nitrogens with one attached hydrogen (secondary N) is 1. The van der Waals surface area contributed by atoms with E-state index in [1.54, 1.807) is 0 Å². The minimum absolute atomic E-state index is 0.282. The first kappa shape index (κ1) is 13.6. The molecule has 3 rings (SSSR count). The Labute approximate surface area is 120 Å². The molecule has 0 saturated carbocycles. The van der Waals surface area contributed by atoms with Crippen molar-refractivity contribution in [3.63, 3.8) is 0 Å². The standard InChI is InChI=1S/C16H23N3O/c20-16-7-3-5-14-4-1-2-6-15(14)19(16)13-12-18-10-8-17-9-11-18/h1-2,4,6,17H,3,5,7-13H2. The van der Waals surface area contributed by atoms with Crippen molar-refractivity contribution in [2.45, 2.75) is 19.3 Å². The lowest BCUT2D eigenvalue weighted by molar-refractivity contribution is -0.118. The van der Waals surface area contributed by atoms with Crippen molar-refractivity contribution >= 4 is 11.6 Å². The molecule has 0 aromatic heterocycles. The van der Waals surface area contributed by atoms with Gasteiger partial charge in [0.2, 0.25) is 5.91 Å². The molecule has 1 N–H and O–H groups in total. The molecule has 1 fully saturated rings. The van der Waals surface area contributed by atoms with Gasteiger partial charge in [0, 0.05) is 51.4 Å². The van der Waals surface area contributed by atoms with Crippen molar-refractivity contribution in [2.75, 3.05) is 44.2 Å². The summed E-state index contributed by atoms with van der Waals surface area (Å²) in [4.78, 5) is 16.8. The van der Waals surface area contributed by atoms with Crippen LogP contribution in [-0.2, 0) is 11.2 Å². The van der Waals surface area contributed by atoms with Crippen LogP contribution in [0.3, 0.4) is 0 Å². The Morgan fingerprint density at radius 3 is 2.70 bits per heavy atom. The monoisotopic (exact) mass is 273 g/mol. The molecule has 1 aromatic carbocycles. The molecular formula is C16H23N3O. The number of carbonyl (C=O) groups excluding carboxylic acids is 1. The number of hydrogen-bond donors (Lipinski definition) is 1. The molecular weight excluding hydrogens is 250 g/mol. The molecule has 0 bridgehead atoms. The predicted molar refractivity (Wildman–Crippen MR) is 81.0 cm³/mol. The van der Waals surface area contributed by atoms with Crippen molar-refractivity contribution in [3.8, 4) is 0 Å². The molecule has 2 heterocycles. The van der Waals surface area contributed by atoms with Crippen molar-refractivity contribution in [1.29, 1.82) is 0 Å². The van der Waals surface area contributed by atoms with Crippen LogP contribution in [-0.4, -0.2) is 50.1 Å². The van der Waals surface area contributed by atoms with Gasteiger partial charge in [-0.05, 0) is 24.5 Å². The molecule has 1 amide bonds. The second-order valence-electron chi connectivity index (χ2n) is 5.62. The number of anilines is 1. The van der Waals surface area contributed by atoms with Gasteiger partial charge in [0.1, 0.15) is 0 Å². The van der Waals surface area contributed by atoms with Crippen LogP contribution in [0.25, 0.3) is 0 Å². The maximum atomic E-state index is 12.3. The van der Waals surface area contributed by atoms with Gasteiger partial charge in [0.05, 0.1) is 0 Å². The Morgan fingerprint density at radius 2 is 1.85 bits per heavy atom. The van der Waals surface area contributed by atoms with E-state index >= 15 is 0 Å². The van der Waals surface area contributed by atoms with E-state index in [1.807, 2.05) is 11.0 Å². The van der Waals surface area contributed by atoms with Crippen molar-refractivity contribution in [2.24, 2.45) is 0 Å². The second-order valence-corrected chi connectivity index (χ2v) is 5.62. The van der Waals surface area contributed by atoms with E-state index in [2.05, 4.69) is 28.4 Å². The zero-order valence-corrected chi connectivity index (χ0v) is 12.0. The summed E-state index contributed by atoms with van der Waals surface area (Å²) in [5.41, 5.74) is 2.45. The number of nitrogens with zero attached hydrogens (tertiary/aromatic N) is 2. The third-order valence-electron chi connectivity index (χ3n) is 4.27. The highest BCUT2D eigenvalue weighted by Crippen LogP contribution is 2.26. The van der Waals surface area contributed by atoms with Gasteiger partial charge in [-0.1, -0.05) is 18.2 Å². The van der Waals surface area contributed by atoms with Crippen molar-refractivity contribution in [1.82, 2.24) is 10.2 Å². The molecule has 20 heavy (non-hydrogen) atoms. The summed E-state index contributed by atoms with van der Waals surface area (Å²) in [6.45, 7) is 6.08. The highest BCUT2D eigenvalue weighted by Gasteiger charge is 2.22. The fourth-order valence-electron chi connectivity index (χ4n) is 3.11. The average Bonchev–Trinajstić information content (AvgIpc) is 2.65. The number of hydrogen-bond acceptors (Lipinski definition) is 3. The highest BCUT2D eigenvalue weighted by atomic mass is 16.2. The van der Waals surface area contributed by atoms with Crippen LogP contribution in [0.5, 0.6) is 0 Å². The largest absolute Gasteiger partial charge is 0.314 e. The van der Waals surface area contributed by atoms with E-state index in [0.717, 1.165) is 57.8 Å². The maximum Gasteiger partial charge on any atom is 0.227 e. The Kier molecular flexibility index (Phi) is 4.33. The molecule has 0 atom stereocenters. The topological polar surface area (TPSA) is 35.6 Å². The summed E-state index contributed by atoms with van der Waals surface area (Å²) in [5.74, 6) is 0.282. The molecule has 2 aliphatic rings. The van der Waals surface area contributed by atoms with Crippen LogP contribution in [0.15, 0.2) is 24.3 Å². The molecule has 1 aromatic rings. The van der Waals surface area contributed by atoms with Crippen LogP contribution in [0.4, 0.5) is 5.69 Å². The number of piperazine rings is 1. The third-order valence-corrected chi connectivity index (χ3v) is 4.27. The summed E-state index contributed by atoms with van der Waals surface area (Å²) in [6.07, 6.45) is 2.67. The normalized spacial score (nSPS) is 20.6. The van der Waals surface area contributed by atoms with Crippen LogP contribution in [0, 0.1) is 0 Å². The first-order valence-electron chi connectivity index (χ1n) is 7.66. The fraction of sp³-hybridized carbons (Fsp3) is 0.562. The quantitative estimate of drug-likeness (QED) is 0.900. The van der Waals surface area contributed by atoms with E-state index in [4.69, 9.17) is 0 Å². The van der Waals surface area contributed by atoms with Crippen LogP contribution in [0.2, 0.25) is 0 Å². The van der Waals surface area contributed by atoms with E-state index in [-0.39, 0.29) is 5.91 Å². The lowest BCUT2D eigenvalue weighted by Gasteiger charge is -2.30. The molecule has 1 saturated heterocycles. The van der Waals surface area contributed by atoms with Gasteiger partial charge in [0.15, 0.2) is 0 Å². The number of rotatable bonds is 3. The minimum atomic E-state index is 0.282. The number of benzene rings is 1. The van der Waals surface area contributed by atoms with Gasteiger partial charge in [-0.2, -0.15) is 0 Å². The van der Waals surface area contributed by atoms with E-state index in [0.29, 0.717) is 6.42 Å². The maximum absolute atomic E-state index is 12.3. The summed E-state index contributed by atoms with van der Waals surface area (Å²) < 4.78 is 0. The summed E-state index contributed by atoms with van der Waals surface area (Å²) >= 11 is 0. The van der Waals surface area contributed by atoms with Crippen LogP contribution in [0.1, 0.15) is 18.4 Å². The second kappa shape index (κ2) is 6.37. The predicted octanol–water partition coefficient (Wildman–Crippen LogP) is 1.26. The highest BCUT2D eigenvalue weighted by molar-refractivity contribution is 5.94. The summed E-state index contributed by atoms with van der Waals surface area (Å²) in [5, 5.41) is 3.36. The van der Waals surface area contributed by atoms with Crippen LogP contribution >= 0.6 is 0 Å². The van der Waals surface area contributed by atoms with Gasteiger partial charge in [-0.3, -0.25) is 9.69 Å². The number of carbonyl (C=O) groups is 1. The molecule has 0 unspecified atom stereocenters. The van der Waals surface area contributed by atoms with Gasteiger partial charge in [-0.25, -0.2) is 0 Å². The lowest BCUT2D eigenvalue weighted by Crippen LogP contribution is -2.47. The number of fused-ring (bicyclic) bond motifs is 1. The molecule has 4 nitrogen and oxygen atoms in total. The molecule has 0 spiro atoms. The van der Waals surface area contributed by atoms with Crippen molar-refractivity contribution in [3.05, 3.63) is 29.8 Å². The van der Waals surface area contributed by atoms with E-state index < -0.39 is 0 Å². The zero-order valence-electron chi connectivity index (χ0n) is 12.0. The van der Waals surface area contributed by atoms with E-state index in [1.165, 1.54) is 5.56 Å². The number of para-hydroxylation sites is 1. The first-order chi connectivity index (χ1) is 9.84. The van der Waals surface area contributed by atoms with Gasteiger partial charge >= 0.3 is 0 Å². The Balaban J connectivity index is 1.71. The van der Waals surface area contributed by atoms with Gasteiger partial charge < -0.3 is 10.2 Å². The summed E-state index contributed by atoms with van der Waals surface area (Å²) in [7, 11) is 0. The average molecular weight is 273 g/mol. The minimum Gasteiger partial charge on any atom is -0.314 e.